The fraction of sp³-hybridized carbons (Fsp3) is 0.0294. The lowest BCUT2D eigenvalue weighted by Gasteiger charge is -2.37. The van der Waals surface area contributed by atoms with Crippen LogP contribution in [0.3, 0.4) is 0 Å². The minimum Gasteiger partial charge on any atom is -0.456 e. The van der Waals surface area contributed by atoms with Gasteiger partial charge in [0.2, 0.25) is 0 Å². The predicted molar refractivity (Wildman–Crippen MR) is 295 cm³/mol. The van der Waals surface area contributed by atoms with Crippen molar-refractivity contribution in [2.24, 2.45) is 0 Å². The van der Waals surface area contributed by atoms with Crippen LogP contribution in [0.2, 0.25) is 0 Å². The Morgan fingerprint density at radius 1 is 0.254 bits per heavy atom. The largest absolute Gasteiger partial charge is 0.456 e. The van der Waals surface area contributed by atoms with Crippen LogP contribution in [0.15, 0.2) is 302 Å². The molecule has 338 valence electrons. The van der Waals surface area contributed by atoms with Gasteiger partial charge in [-0.3, -0.25) is 0 Å². The van der Waals surface area contributed by atoms with Gasteiger partial charge in [0.25, 0.3) is 0 Å². The number of furan rings is 1. The standard InChI is InChI=1S/C68H50N2O/c1-8-22-50(23-9-1)67(51-24-10-2-11-25-51,52-26-12-3-13-27-52)56-36-40-58(41-37-56)69-59-42-46-63-64-47-45-62(49-66(64)71-65(63)48-59)70(60-34-20-7-21-35-60)61-43-38-57(39-44-61)68(53-28-14-4-15-29-53,54-30-16-5-17-31-54)55-32-18-6-19-33-55/h1-49,69H. The van der Waals surface area contributed by atoms with Gasteiger partial charge in [-0.2, -0.15) is 0 Å². The lowest BCUT2D eigenvalue weighted by molar-refractivity contribution is 0.669. The first-order valence-electron chi connectivity index (χ1n) is 24.3. The molecule has 3 heteroatoms. The third-order valence-corrected chi connectivity index (χ3v) is 14.1. The number of hydrogen-bond donors (Lipinski definition) is 1. The molecule has 12 rings (SSSR count). The molecule has 71 heavy (non-hydrogen) atoms. The van der Waals surface area contributed by atoms with E-state index in [4.69, 9.17) is 4.42 Å². The summed E-state index contributed by atoms with van der Waals surface area (Å²) < 4.78 is 6.75. The Labute approximate surface area is 415 Å². The van der Waals surface area contributed by atoms with Crippen molar-refractivity contribution in [1.29, 1.82) is 0 Å². The van der Waals surface area contributed by atoms with Crippen molar-refractivity contribution < 1.29 is 4.42 Å². The molecule has 0 spiro atoms. The summed E-state index contributed by atoms with van der Waals surface area (Å²) in [4.78, 5) is 2.31. The molecule has 0 radical (unpaired) electrons. The highest BCUT2D eigenvalue weighted by Crippen LogP contribution is 2.48. The highest BCUT2D eigenvalue weighted by Gasteiger charge is 2.39. The van der Waals surface area contributed by atoms with Gasteiger partial charge in [-0.05, 0) is 105 Å². The molecule has 1 N–H and O–H groups in total. The van der Waals surface area contributed by atoms with E-state index in [0.29, 0.717) is 0 Å². The number of fused-ring (bicyclic) bond motifs is 3. The summed E-state index contributed by atoms with van der Waals surface area (Å²) in [5.41, 5.74) is 15.3. The van der Waals surface area contributed by atoms with Crippen LogP contribution in [0.4, 0.5) is 28.4 Å². The number of rotatable bonds is 13. The Balaban J connectivity index is 0.887. The normalized spacial score (nSPS) is 11.7. The molecule has 0 atom stereocenters. The van der Waals surface area contributed by atoms with Gasteiger partial charge in [-0.15, -0.1) is 0 Å². The highest BCUT2D eigenvalue weighted by atomic mass is 16.3. The fourth-order valence-electron chi connectivity index (χ4n) is 11.0. The Hall–Kier alpha value is -9.18. The zero-order valence-electron chi connectivity index (χ0n) is 39.1. The quantitative estimate of drug-likeness (QED) is 0.117. The molecule has 11 aromatic carbocycles. The third-order valence-electron chi connectivity index (χ3n) is 14.1. The number of para-hydroxylation sites is 1. The molecule has 1 aromatic heterocycles. The lowest BCUT2D eigenvalue weighted by Crippen LogP contribution is -2.31. The minimum atomic E-state index is -0.538. The van der Waals surface area contributed by atoms with Gasteiger partial charge in [0.15, 0.2) is 0 Å². The van der Waals surface area contributed by atoms with Crippen molar-refractivity contribution in [3.05, 3.63) is 342 Å². The number of nitrogens with zero attached hydrogens (tertiary/aromatic N) is 1. The number of anilines is 5. The molecule has 0 unspecified atom stereocenters. The topological polar surface area (TPSA) is 28.4 Å². The van der Waals surface area contributed by atoms with Crippen LogP contribution in [0.1, 0.15) is 44.5 Å². The number of benzene rings is 11. The summed E-state index contributed by atoms with van der Waals surface area (Å²) in [5, 5.41) is 5.83. The van der Waals surface area contributed by atoms with Gasteiger partial charge in [-0.25, -0.2) is 0 Å². The van der Waals surface area contributed by atoms with Gasteiger partial charge in [-0.1, -0.05) is 224 Å². The summed E-state index contributed by atoms with van der Waals surface area (Å²) in [5.74, 6) is 0. The van der Waals surface area contributed by atoms with Gasteiger partial charge in [0, 0.05) is 51.3 Å². The van der Waals surface area contributed by atoms with Gasteiger partial charge < -0.3 is 14.6 Å². The summed E-state index contributed by atoms with van der Waals surface area (Å²) in [6, 6.07) is 107. The molecule has 0 bridgehead atoms. The molecular weight excluding hydrogens is 861 g/mol. The maximum atomic E-state index is 6.75. The van der Waals surface area contributed by atoms with Gasteiger partial charge in [0.1, 0.15) is 11.2 Å². The zero-order chi connectivity index (χ0) is 47.5. The SMILES string of the molecule is c1ccc(N(c2ccc(C(c3ccccc3)(c3ccccc3)c3ccccc3)cc2)c2ccc3c(c2)oc2cc(Nc4ccc(C(c5ccccc5)(c5ccccc5)c5ccccc5)cc4)ccc23)cc1. The Morgan fingerprint density at radius 3 is 0.958 bits per heavy atom. The molecule has 3 nitrogen and oxygen atoms in total. The second kappa shape index (κ2) is 18.7. The van der Waals surface area contributed by atoms with Crippen molar-refractivity contribution in [1.82, 2.24) is 0 Å². The average Bonchev–Trinajstić information content (AvgIpc) is 3.81. The van der Waals surface area contributed by atoms with E-state index in [-0.39, 0.29) is 0 Å². The van der Waals surface area contributed by atoms with E-state index >= 15 is 0 Å². The van der Waals surface area contributed by atoms with Crippen molar-refractivity contribution >= 4 is 50.4 Å². The second-order valence-electron chi connectivity index (χ2n) is 18.1. The van der Waals surface area contributed by atoms with Crippen molar-refractivity contribution in [2.75, 3.05) is 10.2 Å². The first-order valence-corrected chi connectivity index (χ1v) is 24.3. The summed E-state index contributed by atoms with van der Waals surface area (Å²) in [6.07, 6.45) is 0. The van der Waals surface area contributed by atoms with Crippen LogP contribution in [0.5, 0.6) is 0 Å². The van der Waals surface area contributed by atoms with Crippen molar-refractivity contribution in [2.45, 2.75) is 10.8 Å². The predicted octanol–water partition coefficient (Wildman–Crippen LogP) is 17.6. The van der Waals surface area contributed by atoms with Crippen LogP contribution in [0.25, 0.3) is 21.9 Å². The molecule has 0 aliphatic rings. The van der Waals surface area contributed by atoms with E-state index in [1.807, 2.05) is 0 Å². The Kier molecular flexibility index (Phi) is 11.4. The van der Waals surface area contributed by atoms with E-state index in [1.165, 1.54) is 44.5 Å². The van der Waals surface area contributed by atoms with Crippen LogP contribution in [-0.4, -0.2) is 0 Å². The maximum absolute atomic E-state index is 6.75. The van der Waals surface area contributed by atoms with Crippen molar-refractivity contribution in [3.63, 3.8) is 0 Å². The van der Waals surface area contributed by atoms with E-state index in [2.05, 4.69) is 307 Å². The molecule has 0 aliphatic carbocycles. The first kappa shape index (κ1) is 43.1. The molecule has 1 heterocycles. The van der Waals surface area contributed by atoms with E-state index in [1.54, 1.807) is 0 Å². The van der Waals surface area contributed by atoms with Crippen LogP contribution < -0.4 is 10.2 Å². The van der Waals surface area contributed by atoms with E-state index in [0.717, 1.165) is 50.4 Å². The van der Waals surface area contributed by atoms with Gasteiger partial charge >= 0.3 is 0 Å². The molecule has 0 fully saturated rings. The maximum Gasteiger partial charge on any atom is 0.137 e. The van der Waals surface area contributed by atoms with E-state index < -0.39 is 10.8 Å². The summed E-state index contributed by atoms with van der Waals surface area (Å²) in [7, 11) is 0. The Morgan fingerprint density at radius 2 is 0.549 bits per heavy atom. The fourth-order valence-corrected chi connectivity index (χ4v) is 11.0. The molecule has 0 amide bonds. The summed E-state index contributed by atoms with van der Waals surface area (Å²) >= 11 is 0. The van der Waals surface area contributed by atoms with Crippen LogP contribution in [0, 0.1) is 0 Å². The average molecular weight is 911 g/mol. The molecular formula is C68H50N2O. The smallest absolute Gasteiger partial charge is 0.137 e. The van der Waals surface area contributed by atoms with Gasteiger partial charge in [0.05, 0.1) is 10.8 Å². The minimum absolute atomic E-state index is 0.507. The van der Waals surface area contributed by atoms with E-state index in [9.17, 15) is 0 Å². The molecule has 0 aliphatic heterocycles. The number of hydrogen-bond acceptors (Lipinski definition) is 3. The third kappa shape index (κ3) is 7.75. The molecule has 0 saturated carbocycles. The van der Waals surface area contributed by atoms with Crippen LogP contribution >= 0.6 is 0 Å². The zero-order valence-corrected chi connectivity index (χ0v) is 39.1. The number of nitrogens with one attached hydrogen (secondary N) is 1. The first-order chi connectivity index (χ1) is 35.2. The van der Waals surface area contributed by atoms with Crippen molar-refractivity contribution in [3.8, 4) is 0 Å². The highest BCUT2D eigenvalue weighted by molar-refractivity contribution is 6.07. The summed E-state index contributed by atoms with van der Waals surface area (Å²) in [6.45, 7) is 0. The van der Waals surface area contributed by atoms with Crippen LogP contribution in [-0.2, 0) is 10.8 Å². The Bertz CT molecular complexity index is 3480. The monoisotopic (exact) mass is 910 g/mol. The molecule has 0 saturated heterocycles. The lowest BCUT2D eigenvalue weighted by atomic mass is 9.65. The second-order valence-corrected chi connectivity index (χ2v) is 18.1. The molecule has 12 aromatic rings.